The molecule has 0 aliphatic rings. The molecule has 0 bridgehead atoms. The zero-order valence-corrected chi connectivity index (χ0v) is 14.0. The normalized spacial score (nSPS) is 10.3. The number of rotatable bonds is 5. The number of nitrogens with zero attached hydrogens (tertiary/aromatic N) is 2. The van der Waals surface area contributed by atoms with E-state index in [0.717, 1.165) is 15.4 Å². The maximum absolute atomic E-state index is 12.6. The van der Waals surface area contributed by atoms with E-state index >= 15 is 0 Å². The van der Waals surface area contributed by atoms with Gasteiger partial charge in [0, 0.05) is 29.1 Å². The van der Waals surface area contributed by atoms with E-state index in [1.165, 1.54) is 0 Å². The van der Waals surface area contributed by atoms with E-state index in [1.54, 1.807) is 17.2 Å². The second-order valence-electron chi connectivity index (χ2n) is 4.24. The molecule has 0 spiro atoms. The molecule has 3 nitrogen and oxygen atoms in total. The summed E-state index contributed by atoms with van der Waals surface area (Å²) in [6, 6.07) is 13.6. The maximum atomic E-state index is 12.6. The highest BCUT2D eigenvalue weighted by Crippen LogP contribution is 2.17. The molecule has 1 heterocycles. The number of pyridine rings is 1. The summed E-state index contributed by atoms with van der Waals surface area (Å²) in [6.07, 6.45) is 1.63. The van der Waals surface area contributed by atoms with E-state index in [9.17, 15) is 4.79 Å². The molecule has 0 fully saturated rings. The first-order valence-corrected chi connectivity index (χ1v) is 8.13. The average molecular weight is 398 g/mol. The Kier molecular flexibility index (Phi) is 5.73. The number of aromatic nitrogens is 1. The SMILES string of the molecule is O=C(c1ncccc1Br)N(CCBr)Cc1ccccc1. The fourth-order valence-electron chi connectivity index (χ4n) is 1.85. The van der Waals surface area contributed by atoms with Gasteiger partial charge in [0.15, 0.2) is 0 Å². The zero-order chi connectivity index (χ0) is 14.4. The van der Waals surface area contributed by atoms with Gasteiger partial charge >= 0.3 is 0 Å². The summed E-state index contributed by atoms with van der Waals surface area (Å²) in [5.74, 6) is -0.0687. The fraction of sp³-hybridized carbons (Fsp3) is 0.200. The van der Waals surface area contributed by atoms with E-state index < -0.39 is 0 Å². The molecular weight excluding hydrogens is 384 g/mol. The van der Waals surface area contributed by atoms with Crippen LogP contribution >= 0.6 is 31.9 Å². The molecule has 0 saturated carbocycles. The third-order valence-electron chi connectivity index (χ3n) is 2.82. The van der Waals surface area contributed by atoms with E-state index in [0.29, 0.717) is 18.8 Å². The summed E-state index contributed by atoms with van der Waals surface area (Å²) >= 11 is 6.78. The molecule has 104 valence electrons. The molecular formula is C15H14Br2N2O. The van der Waals surface area contributed by atoms with Gasteiger partial charge in [0.25, 0.3) is 5.91 Å². The van der Waals surface area contributed by atoms with Gasteiger partial charge in [-0.1, -0.05) is 46.3 Å². The molecule has 2 rings (SSSR count). The highest BCUT2D eigenvalue weighted by atomic mass is 79.9. The van der Waals surface area contributed by atoms with Crippen LogP contribution in [0, 0.1) is 0 Å². The summed E-state index contributed by atoms with van der Waals surface area (Å²) in [5.41, 5.74) is 1.55. The molecule has 0 atom stereocenters. The van der Waals surface area contributed by atoms with Crippen LogP contribution in [-0.4, -0.2) is 27.7 Å². The number of benzene rings is 1. The van der Waals surface area contributed by atoms with Crippen molar-refractivity contribution in [2.75, 3.05) is 11.9 Å². The number of carbonyl (C=O) groups is 1. The Labute approximate surface area is 135 Å². The first-order valence-electron chi connectivity index (χ1n) is 6.22. The molecule has 0 unspecified atom stereocenters. The Morgan fingerprint density at radius 1 is 1.15 bits per heavy atom. The minimum atomic E-state index is -0.0687. The van der Waals surface area contributed by atoms with Gasteiger partial charge in [0.05, 0.1) is 0 Å². The first kappa shape index (κ1) is 15.2. The van der Waals surface area contributed by atoms with Crippen molar-refractivity contribution in [3.05, 3.63) is 64.4 Å². The highest BCUT2D eigenvalue weighted by molar-refractivity contribution is 9.10. The van der Waals surface area contributed by atoms with Gasteiger partial charge in [0.1, 0.15) is 5.69 Å². The maximum Gasteiger partial charge on any atom is 0.273 e. The fourth-order valence-corrected chi connectivity index (χ4v) is 2.70. The molecule has 5 heteroatoms. The summed E-state index contributed by atoms with van der Waals surface area (Å²) in [5, 5.41) is 0.732. The first-order chi connectivity index (χ1) is 9.72. The Morgan fingerprint density at radius 3 is 2.55 bits per heavy atom. The quantitative estimate of drug-likeness (QED) is 0.717. The van der Waals surface area contributed by atoms with Crippen LogP contribution in [-0.2, 0) is 6.54 Å². The van der Waals surface area contributed by atoms with Gasteiger partial charge in [0.2, 0.25) is 0 Å². The minimum Gasteiger partial charge on any atom is -0.332 e. The van der Waals surface area contributed by atoms with E-state index in [2.05, 4.69) is 36.8 Å². The van der Waals surface area contributed by atoms with Crippen LogP contribution in [0.15, 0.2) is 53.1 Å². The molecule has 1 aromatic carbocycles. The van der Waals surface area contributed by atoms with Crippen molar-refractivity contribution in [2.45, 2.75) is 6.54 Å². The average Bonchev–Trinajstić information content (AvgIpc) is 2.48. The molecule has 0 aliphatic heterocycles. The third-order valence-corrected chi connectivity index (χ3v) is 3.81. The van der Waals surface area contributed by atoms with Crippen molar-refractivity contribution in [1.29, 1.82) is 0 Å². The van der Waals surface area contributed by atoms with Crippen LogP contribution in [0.2, 0.25) is 0 Å². The Bertz CT molecular complexity index is 575. The molecule has 1 amide bonds. The Hall–Kier alpha value is -1.20. The smallest absolute Gasteiger partial charge is 0.273 e. The minimum absolute atomic E-state index is 0.0687. The predicted molar refractivity (Wildman–Crippen MR) is 86.9 cm³/mol. The number of amides is 1. The number of alkyl halides is 1. The lowest BCUT2D eigenvalue weighted by Crippen LogP contribution is -2.33. The van der Waals surface area contributed by atoms with E-state index in [1.807, 2.05) is 36.4 Å². The monoisotopic (exact) mass is 396 g/mol. The third kappa shape index (κ3) is 3.90. The molecule has 0 N–H and O–H groups in total. The molecule has 20 heavy (non-hydrogen) atoms. The topological polar surface area (TPSA) is 33.2 Å². The molecule has 0 radical (unpaired) electrons. The van der Waals surface area contributed by atoms with Gasteiger partial charge in [-0.2, -0.15) is 0 Å². The molecule has 0 aliphatic carbocycles. The van der Waals surface area contributed by atoms with Crippen molar-refractivity contribution in [3.63, 3.8) is 0 Å². The van der Waals surface area contributed by atoms with Crippen LogP contribution in [0.1, 0.15) is 16.1 Å². The van der Waals surface area contributed by atoms with Gasteiger partial charge in [-0.15, -0.1) is 0 Å². The van der Waals surface area contributed by atoms with Crippen LogP contribution in [0.4, 0.5) is 0 Å². The summed E-state index contributed by atoms with van der Waals surface area (Å²) in [6.45, 7) is 1.21. The number of hydrogen-bond donors (Lipinski definition) is 0. The zero-order valence-electron chi connectivity index (χ0n) is 10.8. The second kappa shape index (κ2) is 7.55. The predicted octanol–water partition coefficient (Wildman–Crippen LogP) is 3.88. The van der Waals surface area contributed by atoms with Gasteiger partial charge in [-0.25, -0.2) is 4.98 Å². The van der Waals surface area contributed by atoms with Gasteiger partial charge in [-0.3, -0.25) is 4.79 Å². The van der Waals surface area contributed by atoms with Crippen molar-refractivity contribution >= 4 is 37.8 Å². The van der Waals surface area contributed by atoms with Crippen LogP contribution in [0.25, 0.3) is 0 Å². The molecule has 0 saturated heterocycles. The summed E-state index contributed by atoms with van der Waals surface area (Å²) in [7, 11) is 0. The largest absolute Gasteiger partial charge is 0.332 e. The van der Waals surface area contributed by atoms with Crippen molar-refractivity contribution in [3.8, 4) is 0 Å². The van der Waals surface area contributed by atoms with Crippen molar-refractivity contribution < 1.29 is 4.79 Å². The molecule has 1 aromatic heterocycles. The van der Waals surface area contributed by atoms with Gasteiger partial charge < -0.3 is 4.90 Å². The van der Waals surface area contributed by atoms with Crippen LogP contribution in [0.5, 0.6) is 0 Å². The second-order valence-corrected chi connectivity index (χ2v) is 5.88. The summed E-state index contributed by atoms with van der Waals surface area (Å²) in [4.78, 5) is 18.5. The van der Waals surface area contributed by atoms with Gasteiger partial charge in [-0.05, 0) is 33.6 Å². The van der Waals surface area contributed by atoms with E-state index in [4.69, 9.17) is 0 Å². The lowest BCUT2D eigenvalue weighted by molar-refractivity contribution is 0.0748. The van der Waals surface area contributed by atoms with E-state index in [-0.39, 0.29) is 5.91 Å². The Morgan fingerprint density at radius 2 is 1.90 bits per heavy atom. The lowest BCUT2D eigenvalue weighted by atomic mass is 10.2. The number of halogens is 2. The number of carbonyl (C=O) groups excluding carboxylic acids is 1. The van der Waals surface area contributed by atoms with Crippen LogP contribution in [0.3, 0.4) is 0 Å². The standard InChI is InChI=1S/C15H14Br2N2O/c16-8-10-19(11-12-5-2-1-3-6-12)15(20)14-13(17)7-4-9-18-14/h1-7,9H,8,10-11H2. The number of hydrogen-bond acceptors (Lipinski definition) is 2. The highest BCUT2D eigenvalue weighted by Gasteiger charge is 2.19. The lowest BCUT2D eigenvalue weighted by Gasteiger charge is -2.22. The molecule has 2 aromatic rings. The van der Waals surface area contributed by atoms with Crippen molar-refractivity contribution in [2.24, 2.45) is 0 Å². The van der Waals surface area contributed by atoms with Crippen molar-refractivity contribution in [1.82, 2.24) is 9.88 Å². The van der Waals surface area contributed by atoms with Crippen LogP contribution < -0.4 is 0 Å². The summed E-state index contributed by atoms with van der Waals surface area (Å²) < 4.78 is 0.720. The Balaban J connectivity index is 2.20.